The van der Waals surface area contributed by atoms with E-state index in [4.69, 9.17) is 16.3 Å². The summed E-state index contributed by atoms with van der Waals surface area (Å²) in [6.45, 7) is 0. The fraction of sp³-hybridized carbons (Fsp3) is 0.500. The molecule has 2 heterocycles. The molecular weight excluding hydrogens is 280 g/mol. The fourth-order valence-corrected chi connectivity index (χ4v) is 3.55. The summed E-state index contributed by atoms with van der Waals surface area (Å²) in [5.41, 5.74) is -0.120. The van der Waals surface area contributed by atoms with Crippen molar-refractivity contribution in [1.82, 2.24) is 0 Å². The molecule has 0 N–H and O–H groups in total. The summed E-state index contributed by atoms with van der Waals surface area (Å²) in [7, 11) is 0. The highest BCUT2D eigenvalue weighted by atomic mass is 35.5. The van der Waals surface area contributed by atoms with Gasteiger partial charge in [-0.15, -0.1) is 0 Å². The molecule has 104 valence electrons. The van der Waals surface area contributed by atoms with Gasteiger partial charge in [0.2, 0.25) is 0 Å². The summed E-state index contributed by atoms with van der Waals surface area (Å²) in [5, 5.41) is 21.1. The third-order valence-corrected chi connectivity index (χ3v) is 4.52. The van der Waals surface area contributed by atoms with Gasteiger partial charge in [-0.05, 0) is 31.4 Å². The first-order chi connectivity index (χ1) is 9.54. The Balaban J connectivity index is 1.96. The fourth-order valence-electron chi connectivity index (χ4n) is 3.36. The van der Waals surface area contributed by atoms with E-state index in [1.165, 1.54) is 12.1 Å². The van der Waals surface area contributed by atoms with Crippen LogP contribution in [0.2, 0.25) is 5.02 Å². The molecule has 6 heteroatoms. The summed E-state index contributed by atoms with van der Waals surface area (Å²) in [6, 6.07) is 6.84. The first-order valence-corrected chi connectivity index (χ1v) is 6.91. The smallest absolute Gasteiger partial charge is 0.272 e. The number of nitrogens with zero attached hydrogens (tertiary/aromatic N) is 2. The number of fused-ring (bicyclic) bond motifs is 2. The number of hydrogen-bond acceptors (Lipinski definition) is 4. The molecule has 20 heavy (non-hydrogen) atoms. The predicted octanol–water partition coefficient (Wildman–Crippen LogP) is 3.25. The molecule has 0 aliphatic carbocycles. The van der Waals surface area contributed by atoms with Gasteiger partial charge in [0.25, 0.3) is 5.69 Å². The summed E-state index contributed by atoms with van der Waals surface area (Å²) >= 11 is 5.94. The highest BCUT2D eigenvalue weighted by molar-refractivity contribution is 6.30. The van der Waals surface area contributed by atoms with Crippen LogP contribution in [0.4, 0.5) is 5.69 Å². The SMILES string of the molecule is N#CC1(Cc2cc(Cl)ccc2[N+](=O)[O-])CC2CCC1O2. The van der Waals surface area contributed by atoms with Crippen LogP contribution in [0.1, 0.15) is 24.8 Å². The van der Waals surface area contributed by atoms with Gasteiger partial charge in [-0.3, -0.25) is 10.1 Å². The van der Waals surface area contributed by atoms with Crippen LogP contribution in [0.3, 0.4) is 0 Å². The van der Waals surface area contributed by atoms with Crippen LogP contribution in [0.15, 0.2) is 18.2 Å². The van der Waals surface area contributed by atoms with Gasteiger partial charge in [0.1, 0.15) is 0 Å². The van der Waals surface area contributed by atoms with E-state index in [2.05, 4.69) is 6.07 Å². The maximum absolute atomic E-state index is 11.1. The molecule has 0 saturated carbocycles. The Morgan fingerprint density at radius 1 is 1.55 bits per heavy atom. The van der Waals surface area contributed by atoms with E-state index >= 15 is 0 Å². The van der Waals surface area contributed by atoms with Crippen molar-refractivity contribution in [3.05, 3.63) is 38.9 Å². The van der Waals surface area contributed by atoms with E-state index in [1.807, 2.05) is 0 Å². The molecule has 1 aromatic carbocycles. The van der Waals surface area contributed by atoms with Crippen molar-refractivity contribution in [1.29, 1.82) is 5.26 Å². The van der Waals surface area contributed by atoms with Crippen LogP contribution >= 0.6 is 11.6 Å². The van der Waals surface area contributed by atoms with E-state index in [0.29, 0.717) is 23.4 Å². The van der Waals surface area contributed by atoms with Crippen LogP contribution in [0.5, 0.6) is 0 Å². The average Bonchev–Trinajstić information content (AvgIpc) is 2.99. The minimum atomic E-state index is -0.654. The molecule has 2 saturated heterocycles. The molecule has 1 aromatic rings. The molecule has 0 amide bonds. The Kier molecular flexibility index (Phi) is 3.15. The lowest BCUT2D eigenvalue weighted by Crippen LogP contribution is -2.33. The maximum Gasteiger partial charge on any atom is 0.272 e. The molecule has 3 unspecified atom stereocenters. The number of benzene rings is 1. The number of nitro benzene ring substituents is 1. The van der Waals surface area contributed by atoms with Gasteiger partial charge in [-0.1, -0.05) is 11.6 Å². The molecule has 0 radical (unpaired) electrons. The quantitative estimate of drug-likeness (QED) is 0.633. The van der Waals surface area contributed by atoms with Crippen LogP contribution in [0.25, 0.3) is 0 Å². The zero-order valence-corrected chi connectivity index (χ0v) is 11.5. The Labute approximate surface area is 121 Å². The zero-order chi connectivity index (χ0) is 14.3. The molecule has 2 aliphatic heterocycles. The lowest BCUT2D eigenvalue weighted by atomic mass is 9.71. The normalized spacial score (nSPS) is 31.2. The van der Waals surface area contributed by atoms with Gasteiger partial charge in [0.05, 0.1) is 28.6 Å². The second-order valence-corrected chi connectivity index (χ2v) is 5.94. The molecular formula is C14H13ClN2O3. The highest BCUT2D eigenvalue weighted by Crippen LogP contribution is 2.50. The predicted molar refractivity (Wildman–Crippen MR) is 72.4 cm³/mol. The number of ether oxygens (including phenoxy) is 1. The monoisotopic (exact) mass is 292 g/mol. The highest BCUT2D eigenvalue weighted by Gasteiger charge is 2.53. The number of halogens is 1. The minimum Gasteiger partial charge on any atom is -0.373 e. The van der Waals surface area contributed by atoms with Crippen molar-refractivity contribution >= 4 is 17.3 Å². The van der Waals surface area contributed by atoms with Gasteiger partial charge in [-0.2, -0.15) is 5.26 Å². The standard InChI is InChI=1S/C14H13ClN2O3/c15-10-1-3-12(17(18)19)9(5-10)6-14(8-16)7-11-2-4-13(14)20-11/h1,3,5,11,13H,2,4,6-7H2. The average molecular weight is 293 g/mol. The minimum absolute atomic E-state index is 0.0202. The lowest BCUT2D eigenvalue weighted by Gasteiger charge is -2.28. The van der Waals surface area contributed by atoms with Crippen molar-refractivity contribution in [2.24, 2.45) is 5.41 Å². The molecule has 2 fully saturated rings. The van der Waals surface area contributed by atoms with E-state index in [-0.39, 0.29) is 17.9 Å². The van der Waals surface area contributed by atoms with Crippen LogP contribution in [-0.4, -0.2) is 17.1 Å². The van der Waals surface area contributed by atoms with Crippen LogP contribution < -0.4 is 0 Å². The summed E-state index contributed by atoms with van der Waals surface area (Å²) < 4.78 is 5.76. The number of nitro groups is 1. The van der Waals surface area contributed by atoms with Crippen molar-refractivity contribution in [2.75, 3.05) is 0 Å². The maximum atomic E-state index is 11.1. The van der Waals surface area contributed by atoms with E-state index in [9.17, 15) is 15.4 Å². The van der Waals surface area contributed by atoms with Crippen molar-refractivity contribution < 1.29 is 9.66 Å². The van der Waals surface area contributed by atoms with Gasteiger partial charge in [-0.25, -0.2) is 0 Å². The lowest BCUT2D eigenvalue weighted by molar-refractivity contribution is -0.385. The third-order valence-electron chi connectivity index (χ3n) is 4.28. The van der Waals surface area contributed by atoms with Crippen molar-refractivity contribution in [2.45, 2.75) is 37.9 Å². The molecule has 0 aromatic heterocycles. The number of hydrogen-bond donors (Lipinski definition) is 0. The Hall–Kier alpha value is -1.64. The Morgan fingerprint density at radius 2 is 2.35 bits per heavy atom. The van der Waals surface area contributed by atoms with Crippen molar-refractivity contribution in [3.63, 3.8) is 0 Å². The second-order valence-electron chi connectivity index (χ2n) is 5.50. The largest absolute Gasteiger partial charge is 0.373 e. The topological polar surface area (TPSA) is 76.2 Å². The number of nitriles is 1. The third kappa shape index (κ3) is 2.05. The number of rotatable bonds is 3. The molecule has 2 aliphatic rings. The Bertz CT molecular complexity index is 613. The molecule has 0 spiro atoms. The van der Waals surface area contributed by atoms with Crippen LogP contribution in [-0.2, 0) is 11.2 Å². The van der Waals surface area contributed by atoms with Gasteiger partial charge < -0.3 is 4.74 Å². The first kappa shape index (κ1) is 13.3. The zero-order valence-electron chi connectivity index (χ0n) is 10.7. The van der Waals surface area contributed by atoms with E-state index < -0.39 is 10.3 Å². The van der Waals surface area contributed by atoms with Gasteiger partial charge in [0, 0.05) is 23.1 Å². The molecule has 3 atom stereocenters. The second kappa shape index (κ2) is 4.72. The van der Waals surface area contributed by atoms with E-state index in [0.717, 1.165) is 12.8 Å². The molecule has 3 rings (SSSR count). The Morgan fingerprint density at radius 3 is 2.90 bits per heavy atom. The van der Waals surface area contributed by atoms with E-state index in [1.54, 1.807) is 6.07 Å². The summed E-state index contributed by atoms with van der Waals surface area (Å²) in [5.74, 6) is 0. The van der Waals surface area contributed by atoms with Crippen molar-refractivity contribution in [3.8, 4) is 6.07 Å². The summed E-state index contributed by atoms with van der Waals surface area (Å²) in [6.07, 6.45) is 2.81. The van der Waals surface area contributed by atoms with Gasteiger partial charge in [0.15, 0.2) is 0 Å². The first-order valence-electron chi connectivity index (χ1n) is 6.53. The molecule has 2 bridgehead atoms. The van der Waals surface area contributed by atoms with Crippen LogP contribution in [0, 0.1) is 26.9 Å². The molecule has 5 nitrogen and oxygen atoms in total. The summed E-state index contributed by atoms with van der Waals surface area (Å²) in [4.78, 5) is 10.7. The van der Waals surface area contributed by atoms with Gasteiger partial charge >= 0.3 is 0 Å².